The second kappa shape index (κ2) is 8.05. The molecule has 4 rings (SSSR count). The Labute approximate surface area is 170 Å². The maximum Gasteiger partial charge on any atom is 0.240 e. The van der Waals surface area contributed by atoms with Crippen molar-refractivity contribution in [1.82, 2.24) is 15.6 Å². The molecule has 1 aromatic heterocycles. The lowest BCUT2D eigenvalue weighted by Gasteiger charge is -2.22. The van der Waals surface area contributed by atoms with Gasteiger partial charge in [-0.1, -0.05) is 0 Å². The molecule has 2 aliphatic heterocycles. The van der Waals surface area contributed by atoms with Crippen molar-refractivity contribution in [2.24, 2.45) is 0 Å². The smallest absolute Gasteiger partial charge is 0.240 e. The minimum atomic E-state index is -0.476. The first kappa shape index (κ1) is 20.6. The van der Waals surface area contributed by atoms with Gasteiger partial charge in [-0.25, -0.2) is 4.39 Å². The lowest BCUT2D eigenvalue weighted by molar-refractivity contribution is -0.124. The molecule has 2 N–H and O–H groups in total. The highest BCUT2D eigenvalue weighted by Gasteiger charge is 2.48. The monoisotopic (exact) mass is 405 g/mol. The van der Waals surface area contributed by atoms with E-state index in [0.717, 1.165) is 36.2 Å². The van der Waals surface area contributed by atoms with Crippen molar-refractivity contribution in [3.05, 3.63) is 47.5 Å². The fourth-order valence-corrected chi connectivity index (χ4v) is 4.15. The van der Waals surface area contributed by atoms with Crippen molar-refractivity contribution in [2.75, 3.05) is 13.2 Å². The predicted molar refractivity (Wildman–Crippen MR) is 108 cm³/mol. The van der Waals surface area contributed by atoms with Crippen molar-refractivity contribution in [3.8, 4) is 16.9 Å². The van der Waals surface area contributed by atoms with Crippen LogP contribution < -0.4 is 15.4 Å². The summed E-state index contributed by atoms with van der Waals surface area (Å²) < 4.78 is 20.0. The number of halogens is 2. The molecule has 0 bridgehead atoms. The zero-order chi connectivity index (χ0) is 19.0. The van der Waals surface area contributed by atoms with Crippen LogP contribution in [0.2, 0.25) is 0 Å². The SMILES string of the molecule is CCOc1ccc(F)c(-c2cc(C)nc([C@@H]3CC[C@]4(CCNC4=O)N3)c2)c1.Cl. The largest absolute Gasteiger partial charge is 0.494 e. The van der Waals surface area contributed by atoms with E-state index in [0.29, 0.717) is 24.5 Å². The van der Waals surface area contributed by atoms with Crippen LogP contribution in [-0.2, 0) is 4.79 Å². The number of carbonyl (C=O) groups excluding carboxylic acids is 1. The van der Waals surface area contributed by atoms with Gasteiger partial charge in [-0.05, 0) is 69.0 Å². The van der Waals surface area contributed by atoms with E-state index in [-0.39, 0.29) is 30.2 Å². The first-order chi connectivity index (χ1) is 13.0. The number of hydrogen-bond donors (Lipinski definition) is 2. The molecule has 3 heterocycles. The molecule has 0 aliphatic carbocycles. The van der Waals surface area contributed by atoms with Gasteiger partial charge in [0.15, 0.2) is 0 Å². The summed E-state index contributed by atoms with van der Waals surface area (Å²) in [5.74, 6) is 0.430. The topological polar surface area (TPSA) is 63.2 Å². The minimum Gasteiger partial charge on any atom is -0.494 e. The molecular weight excluding hydrogens is 381 g/mol. The Hall–Kier alpha value is -2.18. The number of rotatable bonds is 4. The Morgan fingerprint density at radius 3 is 2.82 bits per heavy atom. The quantitative estimate of drug-likeness (QED) is 0.814. The molecule has 2 aromatic rings. The van der Waals surface area contributed by atoms with Crippen LogP contribution in [0.4, 0.5) is 4.39 Å². The van der Waals surface area contributed by atoms with Gasteiger partial charge >= 0.3 is 0 Å². The number of nitrogens with one attached hydrogen (secondary N) is 2. The highest BCUT2D eigenvalue weighted by atomic mass is 35.5. The van der Waals surface area contributed by atoms with Gasteiger partial charge in [0.1, 0.15) is 17.1 Å². The summed E-state index contributed by atoms with van der Waals surface area (Å²) in [7, 11) is 0. The van der Waals surface area contributed by atoms with E-state index in [1.54, 1.807) is 12.1 Å². The molecule has 2 saturated heterocycles. The maximum atomic E-state index is 14.5. The van der Waals surface area contributed by atoms with Gasteiger partial charge in [-0.3, -0.25) is 15.1 Å². The number of hydrogen-bond acceptors (Lipinski definition) is 4. The van der Waals surface area contributed by atoms with Crippen LogP contribution in [0.25, 0.3) is 11.1 Å². The number of pyridine rings is 1. The fourth-order valence-electron chi connectivity index (χ4n) is 4.15. The van der Waals surface area contributed by atoms with Gasteiger partial charge in [0.05, 0.1) is 18.3 Å². The summed E-state index contributed by atoms with van der Waals surface area (Å²) in [6, 6.07) is 8.59. The molecule has 2 aliphatic rings. The number of benzene rings is 1. The second-order valence-corrected chi connectivity index (χ2v) is 7.32. The number of amides is 1. The van der Waals surface area contributed by atoms with Crippen LogP contribution in [0.1, 0.15) is 43.6 Å². The molecule has 7 heteroatoms. The molecule has 150 valence electrons. The Morgan fingerprint density at radius 1 is 1.29 bits per heavy atom. The number of carbonyl (C=O) groups is 1. The van der Waals surface area contributed by atoms with Gasteiger partial charge in [-0.2, -0.15) is 0 Å². The number of aryl methyl sites for hydroxylation is 1. The van der Waals surface area contributed by atoms with Crippen LogP contribution >= 0.6 is 12.4 Å². The molecule has 28 heavy (non-hydrogen) atoms. The van der Waals surface area contributed by atoms with Crippen molar-refractivity contribution in [1.29, 1.82) is 0 Å². The summed E-state index contributed by atoms with van der Waals surface area (Å²) in [6.45, 7) is 5.05. The second-order valence-electron chi connectivity index (χ2n) is 7.32. The molecular formula is C21H25ClFN3O2. The van der Waals surface area contributed by atoms with Crippen LogP contribution in [0.3, 0.4) is 0 Å². The number of nitrogens with zero attached hydrogens (tertiary/aromatic N) is 1. The molecule has 2 atom stereocenters. The normalized spacial score (nSPS) is 23.5. The summed E-state index contributed by atoms with van der Waals surface area (Å²) in [5.41, 5.74) is 2.47. The maximum absolute atomic E-state index is 14.5. The molecule has 0 saturated carbocycles. The van der Waals surface area contributed by atoms with Gasteiger partial charge in [0.2, 0.25) is 5.91 Å². The molecule has 1 aromatic carbocycles. The summed E-state index contributed by atoms with van der Waals surface area (Å²) in [4.78, 5) is 16.9. The number of aromatic nitrogens is 1. The van der Waals surface area contributed by atoms with E-state index in [4.69, 9.17) is 4.74 Å². The van der Waals surface area contributed by atoms with E-state index < -0.39 is 5.54 Å². The van der Waals surface area contributed by atoms with Gasteiger partial charge < -0.3 is 10.1 Å². The highest BCUT2D eigenvalue weighted by molar-refractivity contribution is 5.88. The molecule has 0 radical (unpaired) electrons. The van der Waals surface area contributed by atoms with Crippen molar-refractivity contribution in [3.63, 3.8) is 0 Å². The lowest BCUT2D eigenvalue weighted by atomic mass is 9.96. The minimum absolute atomic E-state index is 0. The van der Waals surface area contributed by atoms with Crippen LogP contribution in [-0.4, -0.2) is 29.6 Å². The first-order valence-electron chi connectivity index (χ1n) is 9.48. The summed E-state index contributed by atoms with van der Waals surface area (Å²) in [5, 5.41) is 6.40. The van der Waals surface area contributed by atoms with Crippen molar-refractivity contribution < 1.29 is 13.9 Å². The Kier molecular flexibility index (Phi) is 5.91. The third-order valence-electron chi connectivity index (χ3n) is 5.47. The lowest BCUT2D eigenvalue weighted by Crippen LogP contribution is -2.47. The highest BCUT2D eigenvalue weighted by Crippen LogP contribution is 2.38. The summed E-state index contributed by atoms with van der Waals surface area (Å²) in [6.07, 6.45) is 2.43. The molecule has 1 amide bonds. The van der Waals surface area contributed by atoms with Gasteiger partial charge in [0.25, 0.3) is 0 Å². The van der Waals surface area contributed by atoms with Crippen molar-refractivity contribution >= 4 is 18.3 Å². The van der Waals surface area contributed by atoms with Crippen LogP contribution in [0.15, 0.2) is 30.3 Å². The van der Waals surface area contributed by atoms with E-state index in [1.165, 1.54) is 6.07 Å². The fraction of sp³-hybridized carbons (Fsp3) is 0.429. The van der Waals surface area contributed by atoms with Crippen LogP contribution in [0, 0.1) is 12.7 Å². The zero-order valence-electron chi connectivity index (χ0n) is 16.0. The Bertz CT molecular complexity index is 892. The summed E-state index contributed by atoms with van der Waals surface area (Å²) >= 11 is 0. The molecule has 0 unspecified atom stereocenters. The van der Waals surface area contributed by atoms with Crippen LogP contribution in [0.5, 0.6) is 5.75 Å². The first-order valence-corrected chi connectivity index (χ1v) is 9.48. The van der Waals surface area contributed by atoms with E-state index in [9.17, 15) is 9.18 Å². The van der Waals surface area contributed by atoms with E-state index in [2.05, 4.69) is 15.6 Å². The van der Waals surface area contributed by atoms with E-state index >= 15 is 0 Å². The average molecular weight is 406 g/mol. The number of ether oxygens (including phenoxy) is 1. The Morgan fingerprint density at radius 2 is 2.11 bits per heavy atom. The molecule has 5 nitrogen and oxygen atoms in total. The average Bonchev–Trinajstić information content (AvgIpc) is 3.24. The predicted octanol–water partition coefficient (Wildman–Crippen LogP) is 3.70. The van der Waals surface area contributed by atoms with Gasteiger partial charge in [0, 0.05) is 17.8 Å². The van der Waals surface area contributed by atoms with Gasteiger partial charge in [-0.15, -0.1) is 12.4 Å². The third kappa shape index (κ3) is 3.71. The van der Waals surface area contributed by atoms with Crippen molar-refractivity contribution in [2.45, 2.75) is 44.7 Å². The standard InChI is InChI=1S/C21H24FN3O2.ClH/c1-3-27-15-4-5-17(22)16(12-15)14-10-13(2)24-19(11-14)18-6-7-21(25-18)8-9-23-20(21)26;/h4-5,10-12,18,25H,3,6-9H2,1-2H3,(H,23,26);1H/t18-,21+;/m0./s1. The van der Waals surface area contributed by atoms with E-state index in [1.807, 2.05) is 26.0 Å². The Balaban J connectivity index is 0.00000225. The molecule has 1 spiro atoms. The molecule has 2 fully saturated rings. The zero-order valence-corrected chi connectivity index (χ0v) is 16.9. The third-order valence-corrected chi connectivity index (χ3v) is 5.47.